The first-order chi connectivity index (χ1) is 9.65. The number of rotatable bonds is 9. The number of benzene rings is 1. The molecule has 0 spiro atoms. The van der Waals surface area contributed by atoms with Gasteiger partial charge in [-0.05, 0) is 6.42 Å². The fraction of sp³-hybridized carbons (Fsp3) is 0.462. The van der Waals surface area contributed by atoms with Crippen LogP contribution in [-0.2, 0) is 16.0 Å². The Labute approximate surface area is 129 Å². The minimum absolute atomic E-state index is 0. The van der Waals surface area contributed by atoms with Gasteiger partial charge in [-0.25, -0.2) is 0 Å². The van der Waals surface area contributed by atoms with Gasteiger partial charge in [-0.15, -0.1) is 12.4 Å². The molecular formula is C13H20ClN3O4. The minimum Gasteiger partial charge on any atom is -0.383 e. The Morgan fingerprint density at radius 3 is 2.71 bits per heavy atom. The molecule has 1 amide bonds. The fourth-order valence-electron chi connectivity index (χ4n) is 1.68. The van der Waals surface area contributed by atoms with Gasteiger partial charge in [-0.3, -0.25) is 14.9 Å². The molecule has 0 saturated heterocycles. The molecular weight excluding hydrogens is 298 g/mol. The fourth-order valence-corrected chi connectivity index (χ4v) is 1.68. The minimum atomic E-state index is -0.413. The number of nitro groups is 1. The number of nitro benzene ring substituents is 1. The molecule has 0 aliphatic carbocycles. The third-order valence-electron chi connectivity index (χ3n) is 2.67. The Balaban J connectivity index is 0.00000400. The van der Waals surface area contributed by atoms with E-state index in [1.54, 1.807) is 25.3 Å². The molecule has 8 heteroatoms. The van der Waals surface area contributed by atoms with E-state index in [2.05, 4.69) is 10.6 Å². The maximum atomic E-state index is 11.5. The topological polar surface area (TPSA) is 93.5 Å². The lowest BCUT2D eigenvalue weighted by molar-refractivity contribution is -0.385. The maximum Gasteiger partial charge on any atom is 0.272 e. The normalized spacial score (nSPS) is 9.76. The van der Waals surface area contributed by atoms with E-state index in [-0.39, 0.29) is 30.5 Å². The number of hydrogen-bond acceptors (Lipinski definition) is 5. The molecule has 0 atom stereocenters. The van der Waals surface area contributed by atoms with Crippen molar-refractivity contribution in [3.8, 4) is 0 Å². The van der Waals surface area contributed by atoms with Gasteiger partial charge in [0.05, 0.1) is 18.1 Å². The molecule has 1 aromatic rings. The molecule has 2 N–H and O–H groups in total. The summed E-state index contributed by atoms with van der Waals surface area (Å²) in [6, 6.07) is 6.53. The van der Waals surface area contributed by atoms with E-state index in [1.807, 2.05) is 0 Å². The molecule has 0 saturated carbocycles. The molecule has 0 fully saturated rings. The predicted octanol–water partition coefficient (Wildman–Crippen LogP) is 0.911. The van der Waals surface area contributed by atoms with Crippen LogP contribution in [-0.4, -0.2) is 44.2 Å². The van der Waals surface area contributed by atoms with Gasteiger partial charge >= 0.3 is 0 Å². The largest absolute Gasteiger partial charge is 0.383 e. The van der Waals surface area contributed by atoms with Gasteiger partial charge in [-0.1, -0.05) is 18.2 Å². The molecule has 0 aliphatic heterocycles. The number of amides is 1. The number of methoxy groups -OCH3 is 1. The van der Waals surface area contributed by atoms with Gasteiger partial charge in [0.1, 0.15) is 0 Å². The van der Waals surface area contributed by atoms with Gasteiger partial charge in [0.15, 0.2) is 0 Å². The highest BCUT2D eigenvalue weighted by atomic mass is 35.5. The lowest BCUT2D eigenvalue weighted by Gasteiger charge is -2.07. The average molecular weight is 318 g/mol. The molecule has 118 valence electrons. The number of ether oxygens (including phenoxy) is 1. The summed E-state index contributed by atoms with van der Waals surface area (Å²) in [5.74, 6) is -0.139. The highest BCUT2D eigenvalue weighted by Crippen LogP contribution is 2.17. The van der Waals surface area contributed by atoms with E-state index in [0.29, 0.717) is 31.7 Å². The average Bonchev–Trinajstić information content (AvgIpc) is 2.44. The Morgan fingerprint density at radius 1 is 1.33 bits per heavy atom. The van der Waals surface area contributed by atoms with Crippen molar-refractivity contribution in [3.63, 3.8) is 0 Å². The molecule has 0 bridgehead atoms. The van der Waals surface area contributed by atoms with E-state index < -0.39 is 4.92 Å². The molecule has 1 rings (SSSR count). The standard InChI is InChI=1S/C13H19N3O4.ClH/c1-20-9-8-14-10-13(17)15-7-6-11-4-2-3-5-12(11)16(18)19;/h2-5,14H,6-10H2,1H3,(H,15,17);1H. The number of carbonyl (C=O) groups is 1. The van der Waals surface area contributed by atoms with Crippen LogP contribution in [0.3, 0.4) is 0 Å². The van der Waals surface area contributed by atoms with Crippen LogP contribution in [0.5, 0.6) is 0 Å². The predicted molar refractivity (Wildman–Crippen MR) is 81.8 cm³/mol. The number of nitrogens with one attached hydrogen (secondary N) is 2. The van der Waals surface area contributed by atoms with Gasteiger partial charge in [-0.2, -0.15) is 0 Å². The molecule has 0 radical (unpaired) electrons. The van der Waals surface area contributed by atoms with E-state index in [1.165, 1.54) is 6.07 Å². The molecule has 0 aromatic heterocycles. The lowest BCUT2D eigenvalue weighted by Crippen LogP contribution is -2.36. The number of halogens is 1. The highest BCUT2D eigenvalue weighted by molar-refractivity contribution is 5.85. The Morgan fingerprint density at radius 2 is 2.05 bits per heavy atom. The van der Waals surface area contributed by atoms with Crippen LogP contribution < -0.4 is 10.6 Å². The van der Waals surface area contributed by atoms with Crippen LogP contribution in [0.1, 0.15) is 5.56 Å². The zero-order valence-electron chi connectivity index (χ0n) is 11.8. The highest BCUT2D eigenvalue weighted by Gasteiger charge is 2.11. The third kappa shape index (κ3) is 7.60. The van der Waals surface area contributed by atoms with Crippen LogP contribution in [0.25, 0.3) is 0 Å². The van der Waals surface area contributed by atoms with Crippen molar-refractivity contribution in [2.45, 2.75) is 6.42 Å². The smallest absolute Gasteiger partial charge is 0.272 e. The van der Waals surface area contributed by atoms with Crippen molar-refractivity contribution in [2.24, 2.45) is 0 Å². The number of hydrogen-bond donors (Lipinski definition) is 2. The summed E-state index contributed by atoms with van der Waals surface area (Å²) in [5, 5.41) is 16.4. The summed E-state index contributed by atoms with van der Waals surface area (Å²) in [6.07, 6.45) is 0.432. The summed E-state index contributed by atoms with van der Waals surface area (Å²) in [4.78, 5) is 21.9. The zero-order valence-corrected chi connectivity index (χ0v) is 12.6. The quantitative estimate of drug-likeness (QED) is 0.401. The Hall–Kier alpha value is -1.70. The van der Waals surface area contributed by atoms with E-state index in [9.17, 15) is 14.9 Å². The van der Waals surface area contributed by atoms with Gasteiger partial charge in [0, 0.05) is 31.8 Å². The van der Waals surface area contributed by atoms with E-state index >= 15 is 0 Å². The molecule has 0 heterocycles. The lowest BCUT2D eigenvalue weighted by atomic mass is 10.1. The van der Waals surface area contributed by atoms with Crippen LogP contribution in [0.4, 0.5) is 5.69 Å². The summed E-state index contributed by atoms with van der Waals surface area (Å²) >= 11 is 0. The van der Waals surface area contributed by atoms with E-state index in [0.717, 1.165) is 0 Å². The molecule has 0 unspecified atom stereocenters. The van der Waals surface area contributed by atoms with Crippen LogP contribution in [0.2, 0.25) is 0 Å². The molecule has 21 heavy (non-hydrogen) atoms. The van der Waals surface area contributed by atoms with Crippen molar-refractivity contribution in [1.82, 2.24) is 10.6 Å². The summed E-state index contributed by atoms with van der Waals surface area (Å²) < 4.78 is 4.84. The van der Waals surface area contributed by atoms with Crippen molar-refractivity contribution in [3.05, 3.63) is 39.9 Å². The van der Waals surface area contributed by atoms with Gasteiger partial charge in [0.25, 0.3) is 5.69 Å². The SMILES string of the molecule is COCCNCC(=O)NCCc1ccccc1[N+](=O)[O-].Cl. The Bertz CT molecular complexity index is 457. The van der Waals surface area contributed by atoms with Crippen LogP contribution >= 0.6 is 12.4 Å². The Kier molecular flexibility index (Phi) is 10.1. The second-order valence-electron chi connectivity index (χ2n) is 4.16. The maximum absolute atomic E-state index is 11.5. The molecule has 0 aliphatic rings. The summed E-state index contributed by atoms with van der Waals surface area (Å²) in [7, 11) is 1.59. The van der Waals surface area contributed by atoms with Gasteiger partial charge in [0.2, 0.25) is 5.91 Å². The second-order valence-corrected chi connectivity index (χ2v) is 4.16. The van der Waals surface area contributed by atoms with E-state index in [4.69, 9.17) is 4.74 Å². The molecule has 1 aromatic carbocycles. The van der Waals surface area contributed by atoms with Crippen LogP contribution in [0, 0.1) is 10.1 Å². The number of nitrogens with zero attached hydrogens (tertiary/aromatic N) is 1. The summed E-state index contributed by atoms with van der Waals surface area (Å²) in [5.41, 5.74) is 0.699. The first kappa shape index (κ1) is 19.3. The number of para-hydroxylation sites is 1. The van der Waals surface area contributed by atoms with Crippen molar-refractivity contribution < 1.29 is 14.5 Å². The van der Waals surface area contributed by atoms with Crippen molar-refractivity contribution in [2.75, 3.05) is 33.4 Å². The first-order valence-corrected chi connectivity index (χ1v) is 6.33. The van der Waals surface area contributed by atoms with Gasteiger partial charge < -0.3 is 15.4 Å². The summed E-state index contributed by atoms with van der Waals surface area (Å²) in [6.45, 7) is 1.73. The third-order valence-corrected chi connectivity index (χ3v) is 2.67. The molecule has 7 nitrogen and oxygen atoms in total. The first-order valence-electron chi connectivity index (χ1n) is 6.33. The van der Waals surface area contributed by atoms with Crippen LogP contribution in [0.15, 0.2) is 24.3 Å². The van der Waals surface area contributed by atoms with Crippen molar-refractivity contribution in [1.29, 1.82) is 0 Å². The zero-order chi connectivity index (χ0) is 14.8. The number of carbonyl (C=O) groups excluding carboxylic acids is 1. The van der Waals surface area contributed by atoms with Crippen molar-refractivity contribution >= 4 is 24.0 Å². The second kappa shape index (κ2) is 11.0. The monoisotopic (exact) mass is 317 g/mol.